The highest BCUT2D eigenvalue weighted by atomic mass is 79.9. The van der Waals surface area contributed by atoms with E-state index < -0.39 is 5.97 Å². The number of carbonyl (C=O) groups excluding carboxylic acids is 1. The van der Waals surface area contributed by atoms with Crippen LogP contribution in [-0.2, 0) is 0 Å². The zero-order chi connectivity index (χ0) is 21.5. The van der Waals surface area contributed by atoms with Gasteiger partial charge in [0.15, 0.2) is 11.5 Å². The average Bonchev–Trinajstić information content (AvgIpc) is 2.78. The molecule has 0 heterocycles. The molecule has 0 aliphatic heterocycles. The Morgan fingerprint density at radius 3 is 2.23 bits per heavy atom. The molecule has 3 rings (SSSR count). The predicted molar refractivity (Wildman–Crippen MR) is 119 cm³/mol. The van der Waals surface area contributed by atoms with Crippen LogP contribution in [0.2, 0.25) is 0 Å². The number of nitrogens with zero attached hydrogens (tertiary/aromatic N) is 1. The molecular weight excluding hydrogens is 446 g/mol. The minimum atomic E-state index is -0.504. The van der Waals surface area contributed by atoms with Crippen LogP contribution in [0.15, 0.2) is 71.2 Å². The van der Waals surface area contributed by atoms with Crippen molar-refractivity contribution in [3.05, 3.63) is 87.9 Å². The molecule has 0 unspecified atom stereocenters. The Morgan fingerprint density at radius 1 is 0.900 bits per heavy atom. The van der Waals surface area contributed by atoms with Gasteiger partial charge < -0.3 is 14.2 Å². The molecule has 0 saturated heterocycles. The van der Waals surface area contributed by atoms with Crippen LogP contribution in [0.5, 0.6) is 17.2 Å². The molecule has 3 aromatic carbocycles. The van der Waals surface area contributed by atoms with Crippen LogP contribution in [0.25, 0.3) is 11.6 Å². The highest BCUT2D eigenvalue weighted by molar-refractivity contribution is 9.10. The summed E-state index contributed by atoms with van der Waals surface area (Å²) in [6, 6.07) is 21.6. The lowest BCUT2D eigenvalue weighted by Crippen LogP contribution is -2.10. The maximum Gasteiger partial charge on any atom is 0.344 e. The number of halogens is 1. The molecule has 5 nitrogen and oxygen atoms in total. The number of methoxy groups -OCH3 is 2. The van der Waals surface area contributed by atoms with Crippen molar-refractivity contribution in [1.82, 2.24) is 0 Å². The molecule has 0 aromatic heterocycles. The molecule has 0 fully saturated rings. The second-order valence-electron chi connectivity index (χ2n) is 6.15. The van der Waals surface area contributed by atoms with Gasteiger partial charge in [0, 0.05) is 10.0 Å². The van der Waals surface area contributed by atoms with Gasteiger partial charge in [0.1, 0.15) is 5.75 Å². The number of carbonyl (C=O) groups is 1. The lowest BCUT2D eigenvalue weighted by Gasteiger charge is -2.11. The van der Waals surface area contributed by atoms with E-state index in [-0.39, 0.29) is 5.75 Å². The van der Waals surface area contributed by atoms with Gasteiger partial charge in [0.2, 0.25) is 0 Å². The number of nitriles is 1. The largest absolute Gasteiger partial charge is 0.496 e. The molecule has 0 aliphatic rings. The molecule has 0 N–H and O–H groups in total. The van der Waals surface area contributed by atoms with Crippen LogP contribution in [0.1, 0.15) is 21.5 Å². The van der Waals surface area contributed by atoms with E-state index >= 15 is 0 Å². The van der Waals surface area contributed by atoms with Crippen molar-refractivity contribution in [2.24, 2.45) is 0 Å². The molecule has 0 aliphatic carbocycles. The van der Waals surface area contributed by atoms with E-state index in [1.54, 1.807) is 55.7 Å². The Morgan fingerprint density at radius 2 is 1.57 bits per heavy atom. The smallest absolute Gasteiger partial charge is 0.344 e. The summed E-state index contributed by atoms with van der Waals surface area (Å²) < 4.78 is 16.9. The molecule has 0 atom stereocenters. The van der Waals surface area contributed by atoms with Gasteiger partial charge in [-0.05, 0) is 64.0 Å². The van der Waals surface area contributed by atoms with E-state index in [1.807, 2.05) is 24.3 Å². The van der Waals surface area contributed by atoms with Crippen LogP contribution in [0.4, 0.5) is 0 Å². The topological polar surface area (TPSA) is 68.6 Å². The first kappa shape index (κ1) is 21.2. The summed E-state index contributed by atoms with van der Waals surface area (Å²) in [5.74, 6) is 0.764. The third-order valence-electron chi connectivity index (χ3n) is 4.31. The van der Waals surface area contributed by atoms with Crippen LogP contribution >= 0.6 is 15.9 Å². The maximum atomic E-state index is 12.5. The second-order valence-corrected chi connectivity index (χ2v) is 7.00. The highest BCUT2D eigenvalue weighted by Crippen LogP contribution is 2.32. The number of rotatable bonds is 6. The summed E-state index contributed by atoms with van der Waals surface area (Å²) in [4.78, 5) is 12.5. The Bertz CT molecular complexity index is 1150. The predicted octanol–water partition coefficient (Wildman–Crippen LogP) is 5.75. The number of hydrogen-bond acceptors (Lipinski definition) is 5. The highest BCUT2D eigenvalue weighted by Gasteiger charge is 2.15. The van der Waals surface area contributed by atoms with Crippen LogP contribution in [0.3, 0.4) is 0 Å². The molecular formula is C24H18BrNO4. The molecule has 3 aromatic rings. The van der Waals surface area contributed by atoms with Crippen molar-refractivity contribution < 1.29 is 19.0 Å². The summed E-state index contributed by atoms with van der Waals surface area (Å²) in [5, 5.41) is 9.63. The van der Waals surface area contributed by atoms with Crippen LogP contribution in [-0.4, -0.2) is 20.2 Å². The molecule has 30 heavy (non-hydrogen) atoms. The van der Waals surface area contributed by atoms with E-state index in [1.165, 1.54) is 7.11 Å². The number of ether oxygens (including phenoxy) is 3. The fourth-order valence-corrected chi connectivity index (χ4v) is 3.29. The molecule has 0 amide bonds. The van der Waals surface area contributed by atoms with Gasteiger partial charge in [-0.3, -0.25) is 0 Å². The van der Waals surface area contributed by atoms with Gasteiger partial charge in [-0.2, -0.15) is 5.26 Å². The van der Waals surface area contributed by atoms with E-state index in [0.717, 1.165) is 5.56 Å². The number of para-hydroxylation sites is 1. The van der Waals surface area contributed by atoms with Crippen molar-refractivity contribution in [1.29, 1.82) is 5.26 Å². The average molecular weight is 464 g/mol. The lowest BCUT2D eigenvalue weighted by molar-refractivity contribution is 0.0728. The molecule has 150 valence electrons. The Balaban J connectivity index is 1.92. The molecule has 0 radical (unpaired) electrons. The molecule has 0 bridgehead atoms. The first-order chi connectivity index (χ1) is 14.6. The SMILES string of the molecule is COc1cc(/C=C(/C#N)c2ccccc2OC)ccc1OC(=O)c1ccccc1Br. The second kappa shape index (κ2) is 9.77. The lowest BCUT2D eigenvalue weighted by atomic mass is 10.0. The minimum absolute atomic E-state index is 0.284. The molecule has 0 saturated carbocycles. The summed E-state index contributed by atoms with van der Waals surface area (Å²) in [6.07, 6.45) is 1.72. The van der Waals surface area contributed by atoms with Gasteiger partial charge in [-0.15, -0.1) is 0 Å². The van der Waals surface area contributed by atoms with E-state index in [0.29, 0.717) is 32.7 Å². The first-order valence-electron chi connectivity index (χ1n) is 8.97. The molecule has 0 spiro atoms. The van der Waals surface area contributed by atoms with Crippen molar-refractivity contribution in [2.75, 3.05) is 14.2 Å². The van der Waals surface area contributed by atoms with Crippen molar-refractivity contribution >= 4 is 33.5 Å². The Labute approximate surface area is 183 Å². The van der Waals surface area contributed by atoms with Gasteiger partial charge in [0.25, 0.3) is 0 Å². The van der Waals surface area contributed by atoms with Crippen LogP contribution in [0, 0.1) is 11.3 Å². The molecule has 6 heteroatoms. The van der Waals surface area contributed by atoms with E-state index in [2.05, 4.69) is 22.0 Å². The maximum absolute atomic E-state index is 12.5. The van der Waals surface area contributed by atoms with Crippen molar-refractivity contribution in [3.63, 3.8) is 0 Å². The number of hydrogen-bond donors (Lipinski definition) is 0. The van der Waals surface area contributed by atoms with Crippen molar-refractivity contribution in [3.8, 4) is 23.3 Å². The number of esters is 1. The summed E-state index contributed by atoms with van der Waals surface area (Å²) in [5.41, 5.74) is 2.25. The van der Waals surface area contributed by atoms with Gasteiger partial charge in [0.05, 0.1) is 31.4 Å². The fraction of sp³-hybridized carbons (Fsp3) is 0.0833. The first-order valence-corrected chi connectivity index (χ1v) is 9.76. The monoisotopic (exact) mass is 463 g/mol. The quantitative estimate of drug-likeness (QED) is 0.201. The summed E-state index contributed by atoms with van der Waals surface area (Å²) in [6.45, 7) is 0. The minimum Gasteiger partial charge on any atom is -0.496 e. The standard InChI is InChI=1S/C24H18BrNO4/c1-28-21-10-6-4-7-18(21)17(15-26)13-16-11-12-22(23(14-16)29-2)30-24(27)19-8-3-5-9-20(19)25/h3-14H,1-2H3/b17-13-. The normalized spacial score (nSPS) is 10.8. The number of benzene rings is 3. The van der Waals surface area contributed by atoms with Gasteiger partial charge in [-0.25, -0.2) is 4.79 Å². The van der Waals surface area contributed by atoms with E-state index in [9.17, 15) is 10.1 Å². The van der Waals surface area contributed by atoms with Crippen LogP contribution < -0.4 is 14.2 Å². The Kier molecular flexibility index (Phi) is 6.89. The zero-order valence-corrected chi connectivity index (χ0v) is 18.0. The summed E-state index contributed by atoms with van der Waals surface area (Å²) in [7, 11) is 3.05. The fourth-order valence-electron chi connectivity index (χ4n) is 2.84. The zero-order valence-electron chi connectivity index (χ0n) is 16.4. The third kappa shape index (κ3) is 4.70. The number of allylic oxidation sites excluding steroid dienone is 1. The Hall–Kier alpha value is -3.56. The summed E-state index contributed by atoms with van der Waals surface area (Å²) >= 11 is 3.35. The third-order valence-corrected chi connectivity index (χ3v) is 5.00. The van der Waals surface area contributed by atoms with E-state index in [4.69, 9.17) is 14.2 Å². The van der Waals surface area contributed by atoms with Gasteiger partial charge >= 0.3 is 5.97 Å². The van der Waals surface area contributed by atoms with Gasteiger partial charge in [-0.1, -0.05) is 30.3 Å². The van der Waals surface area contributed by atoms with Crippen molar-refractivity contribution in [2.45, 2.75) is 0 Å².